The Morgan fingerprint density at radius 1 is 1.12 bits per heavy atom. The fraction of sp³-hybridized carbons (Fsp3) is 0.421. The van der Waals surface area contributed by atoms with Gasteiger partial charge in [-0.25, -0.2) is 9.29 Å². The Hall–Kier alpha value is -2.88. The Bertz CT molecular complexity index is 846. The van der Waals surface area contributed by atoms with Crippen LogP contribution >= 0.6 is 0 Å². The lowest BCUT2D eigenvalue weighted by Crippen LogP contribution is -2.41. The molecule has 7 heteroatoms. The van der Waals surface area contributed by atoms with Gasteiger partial charge in [0.25, 0.3) is 11.8 Å². The van der Waals surface area contributed by atoms with Crippen LogP contribution in [0.25, 0.3) is 0 Å². The molecule has 0 spiro atoms. The number of hydrogen-bond acceptors (Lipinski definition) is 5. The molecule has 2 aliphatic carbocycles. The third-order valence-corrected chi connectivity index (χ3v) is 5.12. The quantitative estimate of drug-likeness (QED) is 0.555. The first-order chi connectivity index (χ1) is 12.5. The molecule has 4 rings (SSSR count). The molecule has 0 aromatic carbocycles. The zero-order chi connectivity index (χ0) is 18.4. The number of Topliss-reactive ketones (excluding diaryl/α,β-unsaturated/α-hetero) is 1. The highest BCUT2D eigenvalue weighted by atomic mass is 19.1. The van der Waals surface area contributed by atoms with Crippen LogP contribution in [0.15, 0.2) is 34.1 Å². The van der Waals surface area contributed by atoms with Gasteiger partial charge in [-0.15, -0.1) is 6.42 Å². The summed E-state index contributed by atoms with van der Waals surface area (Å²) in [4.78, 5) is 40.3. The topological polar surface area (TPSA) is 66.9 Å². The van der Waals surface area contributed by atoms with Crippen molar-refractivity contribution in [2.45, 2.75) is 32.1 Å². The number of hydrogen-bond donors (Lipinski definition) is 0. The Kier molecular flexibility index (Phi) is 3.91. The lowest BCUT2D eigenvalue weighted by atomic mass is 9.93. The van der Waals surface area contributed by atoms with E-state index in [-0.39, 0.29) is 36.7 Å². The number of rotatable bonds is 2. The Morgan fingerprint density at radius 3 is 2.38 bits per heavy atom. The van der Waals surface area contributed by atoms with Gasteiger partial charge in [0, 0.05) is 11.1 Å². The monoisotopic (exact) mass is 356 g/mol. The zero-order valence-corrected chi connectivity index (χ0v) is 14.1. The molecule has 0 bridgehead atoms. The van der Waals surface area contributed by atoms with Crippen molar-refractivity contribution < 1.29 is 23.5 Å². The summed E-state index contributed by atoms with van der Waals surface area (Å²) in [5.74, 6) is 0.0979. The van der Waals surface area contributed by atoms with Crippen molar-refractivity contribution in [1.82, 2.24) is 9.80 Å². The van der Waals surface area contributed by atoms with Crippen LogP contribution in [-0.4, -0.2) is 47.1 Å². The number of ether oxygens (including phenoxy) is 1. The normalized spacial score (nSPS) is 23.3. The van der Waals surface area contributed by atoms with Gasteiger partial charge in [-0.2, -0.15) is 0 Å². The molecule has 0 aromatic heterocycles. The maximum atomic E-state index is 15.3. The maximum Gasteiger partial charge on any atom is 0.261 e. The molecule has 6 nitrogen and oxygen atoms in total. The van der Waals surface area contributed by atoms with E-state index in [1.165, 1.54) is 4.90 Å². The van der Waals surface area contributed by atoms with Gasteiger partial charge in [-0.05, 0) is 25.7 Å². The van der Waals surface area contributed by atoms with Crippen molar-refractivity contribution in [1.29, 1.82) is 0 Å². The molecule has 0 unspecified atom stereocenters. The van der Waals surface area contributed by atoms with Crippen molar-refractivity contribution in [3.8, 4) is 12.3 Å². The Balaban J connectivity index is 1.78. The van der Waals surface area contributed by atoms with Crippen LogP contribution in [0.3, 0.4) is 0 Å². The van der Waals surface area contributed by atoms with Gasteiger partial charge in [-0.1, -0.05) is 5.92 Å². The minimum atomic E-state index is -0.781. The number of carbonyl (C=O) groups is 3. The van der Waals surface area contributed by atoms with E-state index < -0.39 is 23.4 Å². The van der Waals surface area contributed by atoms with Crippen LogP contribution in [0.5, 0.6) is 0 Å². The van der Waals surface area contributed by atoms with Gasteiger partial charge >= 0.3 is 0 Å². The molecule has 2 heterocycles. The highest BCUT2D eigenvalue weighted by Crippen LogP contribution is 2.41. The second-order valence-corrected chi connectivity index (χ2v) is 6.62. The van der Waals surface area contributed by atoms with Crippen LogP contribution in [0.2, 0.25) is 0 Å². The van der Waals surface area contributed by atoms with Crippen molar-refractivity contribution in [3.05, 3.63) is 34.1 Å². The summed E-state index contributed by atoms with van der Waals surface area (Å²) >= 11 is 0. The number of imide groups is 1. The molecule has 2 aliphatic heterocycles. The van der Waals surface area contributed by atoms with Gasteiger partial charge in [0.05, 0.1) is 25.2 Å². The van der Waals surface area contributed by atoms with Crippen molar-refractivity contribution in [3.63, 3.8) is 0 Å². The summed E-state index contributed by atoms with van der Waals surface area (Å²) in [6, 6.07) is 0. The average Bonchev–Trinajstić information content (AvgIpc) is 2.90. The molecular weight excluding hydrogens is 339 g/mol. The average molecular weight is 356 g/mol. The number of carbonyl (C=O) groups excluding carboxylic acids is 3. The first kappa shape index (κ1) is 16.6. The van der Waals surface area contributed by atoms with Crippen molar-refractivity contribution in [2.24, 2.45) is 0 Å². The van der Waals surface area contributed by atoms with Crippen LogP contribution in [0, 0.1) is 12.3 Å². The van der Waals surface area contributed by atoms with Crippen LogP contribution in [0.1, 0.15) is 32.1 Å². The Labute approximate surface area is 149 Å². The lowest BCUT2D eigenvalue weighted by Gasteiger charge is -2.35. The molecule has 4 aliphatic rings. The number of ketones is 1. The number of allylic oxidation sites excluding steroid dienone is 3. The van der Waals surface area contributed by atoms with E-state index >= 15 is 4.39 Å². The van der Waals surface area contributed by atoms with Gasteiger partial charge in [0.1, 0.15) is 12.3 Å². The highest BCUT2D eigenvalue weighted by molar-refractivity contribution is 6.21. The van der Waals surface area contributed by atoms with E-state index in [2.05, 4.69) is 5.92 Å². The first-order valence-corrected chi connectivity index (χ1v) is 8.63. The third kappa shape index (κ3) is 2.29. The fourth-order valence-corrected chi connectivity index (χ4v) is 3.91. The number of halogens is 1. The minimum absolute atomic E-state index is 0.0501. The molecule has 26 heavy (non-hydrogen) atoms. The standard InChI is InChI=1S/C19H17FN2O4/c1-2-7-21-8-9-26-17-14(23)10-13(15(20)16(17)21)22-18(24)11-5-3-4-6-12(11)19(22)25/h1H,3-10H2. The van der Waals surface area contributed by atoms with Crippen molar-refractivity contribution in [2.75, 3.05) is 19.7 Å². The number of terminal acetylenes is 1. The van der Waals surface area contributed by atoms with E-state index in [1.807, 2.05) is 0 Å². The lowest BCUT2D eigenvalue weighted by molar-refractivity contribution is -0.135. The van der Waals surface area contributed by atoms with E-state index in [9.17, 15) is 14.4 Å². The van der Waals surface area contributed by atoms with E-state index in [0.29, 0.717) is 30.5 Å². The zero-order valence-electron chi connectivity index (χ0n) is 14.1. The molecular formula is C19H17FN2O4. The fourth-order valence-electron chi connectivity index (χ4n) is 3.91. The molecule has 134 valence electrons. The molecule has 0 fully saturated rings. The SMILES string of the molecule is C#CCN1CCOC2=C1C(F)=C(N1C(=O)C3=C(CCCC3)C1=O)CC2=O. The third-order valence-electron chi connectivity index (χ3n) is 5.12. The second-order valence-electron chi connectivity index (χ2n) is 6.62. The Morgan fingerprint density at radius 2 is 1.77 bits per heavy atom. The minimum Gasteiger partial charge on any atom is -0.486 e. The van der Waals surface area contributed by atoms with E-state index in [0.717, 1.165) is 17.7 Å². The summed E-state index contributed by atoms with van der Waals surface area (Å²) < 4.78 is 20.7. The largest absolute Gasteiger partial charge is 0.486 e. The second kappa shape index (κ2) is 6.13. The molecule has 2 amide bonds. The van der Waals surface area contributed by atoms with E-state index in [1.54, 1.807) is 0 Å². The molecule has 0 aromatic rings. The summed E-state index contributed by atoms with van der Waals surface area (Å²) in [5.41, 5.74) is 0.653. The molecule has 0 saturated carbocycles. The smallest absolute Gasteiger partial charge is 0.261 e. The van der Waals surface area contributed by atoms with Crippen LogP contribution in [0.4, 0.5) is 4.39 Å². The summed E-state index contributed by atoms with van der Waals surface area (Å²) in [5, 5.41) is 0. The van der Waals surface area contributed by atoms with Gasteiger partial charge < -0.3 is 9.64 Å². The molecule has 0 radical (unpaired) electrons. The summed E-state index contributed by atoms with van der Waals surface area (Å²) in [6.45, 7) is 0.659. The predicted molar refractivity (Wildman–Crippen MR) is 88.5 cm³/mol. The maximum absolute atomic E-state index is 15.3. The van der Waals surface area contributed by atoms with Gasteiger partial charge in [-0.3, -0.25) is 14.4 Å². The molecule has 0 N–H and O–H groups in total. The number of nitrogens with zero attached hydrogens (tertiary/aromatic N) is 2. The van der Waals surface area contributed by atoms with Crippen LogP contribution < -0.4 is 0 Å². The highest BCUT2D eigenvalue weighted by Gasteiger charge is 2.45. The molecule has 0 saturated heterocycles. The van der Waals surface area contributed by atoms with E-state index in [4.69, 9.17) is 11.2 Å². The van der Waals surface area contributed by atoms with Gasteiger partial charge in [0.15, 0.2) is 11.6 Å². The van der Waals surface area contributed by atoms with Gasteiger partial charge in [0.2, 0.25) is 5.78 Å². The summed E-state index contributed by atoms with van der Waals surface area (Å²) in [6.07, 6.45) is 7.63. The summed E-state index contributed by atoms with van der Waals surface area (Å²) in [7, 11) is 0. The van der Waals surface area contributed by atoms with Crippen molar-refractivity contribution >= 4 is 17.6 Å². The number of amides is 2. The van der Waals surface area contributed by atoms with Crippen LogP contribution in [-0.2, 0) is 19.1 Å². The predicted octanol–water partition coefficient (Wildman–Crippen LogP) is 1.56. The first-order valence-electron chi connectivity index (χ1n) is 8.63. The molecule has 0 atom stereocenters.